The number of fused-ring (bicyclic) bond motifs is 1. The minimum Gasteiger partial charge on any atom is -0.366 e. The van der Waals surface area contributed by atoms with E-state index >= 15 is 0 Å². The number of aromatic nitrogens is 2. The number of sulfonamides is 1. The van der Waals surface area contributed by atoms with Crippen LogP contribution in [0.2, 0.25) is 0 Å². The van der Waals surface area contributed by atoms with Crippen LogP contribution in [0, 0.1) is 13.8 Å². The number of para-hydroxylation sites is 1. The highest BCUT2D eigenvalue weighted by molar-refractivity contribution is 7.89. The Morgan fingerprint density at radius 3 is 2.16 bits per heavy atom. The SMILES string of the molecule is Cc1nn(-c2ccccc2)c(C)c1N1CCN(S(=O)(=O)c2ccc3ccccc3c2)CC1. The van der Waals surface area contributed by atoms with Crippen LogP contribution in [-0.2, 0) is 10.0 Å². The van der Waals surface area contributed by atoms with Crippen molar-refractivity contribution in [3.8, 4) is 5.69 Å². The highest BCUT2D eigenvalue weighted by atomic mass is 32.2. The maximum Gasteiger partial charge on any atom is 0.243 e. The molecule has 164 valence electrons. The van der Waals surface area contributed by atoms with Crippen LogP contribution in [0.4, 0.5) is 5.69 Å². The summed E-state index contributed by atoms with van der Waals surface area (Å²) in [5.41, 5.74) is 4.14. The largest absolute Gasteiger partial charge is 0.366 e. The minimum absolute atomic E-state index is 0.355. The van der Waals surface area contributed by atoms with Crippen LogP contribution in [0.5, 0.6) is 0 Å². The van der Waals surface area contributed by atoms with Gasteiger partial charge in [0.2, 0.25) is 10.0 Å². The molecule has 0 radical (unpaired) electrons. The van der Waals surface area contributed by atoms with Crippen molar-refractivity contribution in [3.63, 3.8) is 0 Å². The van der Waals surface area contributed by atoms with E-state index in [4.69, 9.17) is 5.10 Å². The van der Waals surface area contributed by atoms with Crippen LogP contribution in [0.3, 0.4) is 0 Å². The van der Waals surface area contributed by atoms with Crippen molar-refractivity contribution in [3.05, 3.63) is 84.2 Å². The van der Waals surface area contributed by atoms with E-state index < -0.39 is 10.0 Å². The predicted molar refractivity (Wildman–Crippen MR) is 128 cm³/mol. The fraction of sp³-hybridized carbons (Fsp3) is 0.240. The molecule has 1 aliphatic rings. The van der Waals surface area contributed by atoms with E-state index in [1.807, 2.05) is 72.3 Å². The first-order valence-corrected chi connectivity index (χ1v) is 12.2. The fourth-order valence-electron chi connectivity index (χ4n) is 4.54. The summed E-state index contributed by atoms with van der Waals surface area (Å²) >= 11 is 0. The third-order valence-electron chi connectivity index (χ3n) is 6.17. The molecule has 0 saturated carbocycles. The van der Waals surface area contributed by atoms with E-state index in [1.54, 1.807) is 16.4 Å². The van der Waals surface area contributed by atoms with Gasteiger partial charge in [0.1, 0.15) is 0 Å². The zero-order valence-corrected chi connectivity index (χ0v) is 19.1. The van der Waals surface area contributed by atoms with Crippen molar-refractivity contribution in [2.24, 2.45) is 0 Å². The molecule has 32 heavy (non-hydrogen) atoms. The number of hydrogen-bond acceptors (Lipinski definition) is 4. The van der Waals surface area contributed by atoms with Gasteiger partial charge in [0.05, 0.1) is 27.7 Å². The van der Waals surface area contributed by atoms with Gasteiger partial charge in [0.25, 0.3) is 0 Å². The van der Waals surface area contributed by atoms with Crippen molar-refractivity contribution < 1.29 is 8.42 Å². The first-order chi connectivity index (χ1) is 15.4. The van der Waals surface area contributed by atoms with Crippen LogP contribution in [0.1, 0.15) is 11.4 Å². The Labute approximate surface area is 188 Å². The standard InChI is InChI=1S/C25H26N4O2S/c1-19-25(20(2)29(26-19)23-10-4-3-5-11-23)27-14-16-28(17-15-27)32(30,31)24-13-12-21-8-6-7-9-22(21)18-24/h3-13,18H,14-17H2,1-2H3. The Morgan fingerprint density at radius 2 is 1.44 bits per heavy atom. The van der Waals surface area contributed by atoms with Gasteiger partial charge in [-0.1, -0.05) is 48.5 Å². The molecule has 1 fully saturated rings. The van der Waals surface area contributed by atoms with Gasteiger partial charge in [-0.2, -0.15) is 9.40 Å². The summed E-state index contributed by atoms with van der Waals surface area (Å²) in [6.45, 7) is 6.25. The lowest BCUT2D eigenvalue weighted by atomic mass is 10.1. The molecule has 0 unspecified atom stereocenters. The molecule has 0 atom stereocenters. The molecular weight excluding hydrogens is 420 g/mol. The van der Waals surface area contributed by atoms with Gasteiger partial charge in [-0.3, -0.25) is 0 Å². The maximum absolute atomic E-state index is 13.3. The van der Waals surface area contributed by atoms with Gasteiger partial charge in [-0.05, 0) is 48.9 Å². The van der Waals surface area contributed by atoms with Gasteiger partial charge in [0, 0.05) is 26.2 Å². The first-order valence-electron chi connectivity index (χ1n) is 10.8. The van der Waals surface area contributed by atoms with Crippen LogP contribution >= 0.6 is 0 Å². The van der Waals surface area contributed by atoms with Gasteiger partial charge < -0.3 is 4.90 Å². The van der Waals surface area contributed by atoms with E-state index in [-0.39, 0.29) is 0 Å². The average Bonchev–Trinajstić information content (AvgIpc) is 3.13. The molecule has 7 heteroatoms. The van der Waals surface area contributed by atoms with Crippen molar-refractivity contribution >= 4 is 26.5 Å². The zero-order chi connectivity index (χ0) is 22.3. The summed E-state index contributed by atoms with van der Waals surface area (Å²) in [5, 5.41) is 6.72. The number of anilines is 1. The molecule has 4 aromatic rings. The Morgan fingerprint density at radius 1 is 0.781 bits per heavy atom. The summed E-state index contributed by atoms with van der Waals surface area (Å²) in [6, 6.07) is 23.3. The molecule has 1 aromatic heterocycles. The molecule has 3 aromatic carbocycles. The number of nitrogens with zero attached hydrogens (tertiary/aromatic N) is 4. The Kier molecular flexibility index (Phi) is 5.23. The van der Waals surface area contributed by atoms with Crippen molar-refractivity contribution in [1.82, 2.24) is 14.1 Å². The number of aryl methyl sites for hydroxylation is 1. The smallest absolute Gasteiger partial charge is 0.243 e. The lowest BCUT2D eigenvalue weighted by Gasteiger charge is -2.35. The molecule has 0 N–H and O–H groups in total. The number of rotatable bonds is 4. The molecule has 6 nitrogen and oxygen atoms in total. The first kappa shape index (κ1) is 20.7. The van der Waals surface area contributed by atoms with Gasteiger partial charge in [-0.25, -0.2) is 13.1 Å². The Hall–Kier alpha value is -3.16. The van der Waals surface area contributed by atoms with E-state index in [9.17, 15) is 8.42 Å². The second-order valence-electron chi connectivity index (χ2n) is 8.17. The van der Waals surface area contributed by atoms with Crippen LogP contribution in [-0.4, -0.2) is 48.7 Å². The number of piperazine rings is 1. The average molecular weight is 447 g/mol. The van der Waals surface area contributed by atoms with E-state index in [0.717, 1.165) is 33.5 Å². The highest BCUT2D eigenvalue weighted by Gasteiger charge is 2.30. The molecule has 5 rings (SSSR count). The van der Waals surface area contributed by atoms with Crippen molar-refractivity contribution in [2.45, 2.75) is 18.7 Å². The van der Waals surface area contributed by atoms with Gasteiger partial charge in [0.15, 0.2) is 0 Å². The maximum atomic E-state index is 13.3. The topological polar surface area (TPSA) is 58.4 Å². The van der Waals surface area contributed by atoms with Crippen LogP contribution < -0.4 is 4.90 Å². The molecule has 0 amide bonds. The van der Waals surface area contributed by atoms with Gasteiger partial charge >= 0.3 is 0 Å². The summed E-state index contributed by atoms with van der Waals surface area (Å²) in [5.74, 6) is 0. The van der Waals surface area contributed by atoms with Crippen molar-refractivity contribution in [2.75, 3.05) is 31.1 Å². The Balaban J connectivity index is 1.36. The van der Waals surface area contributed by atoms with Crippen LogP contribution in [0.25, 0.3) is 16.5 Å². The summed E-state index contributed by atoms with van der Waals surface area (Å²) in [7, 11) is -3.53. The monoisotopic (exact) mass is 446 g/mol. The molecule has 1 saturated heterocycles. The zero-order valence-electron chi connectivity index (χ0n) is 18.3. The third kappa shape index (κ3) is 3.57. The second kappa shape index (κ2) is 8.07. The van der Waals surface area contributed by atoms with Crippen LogP contribution in [0.15, 0.2) is 77.7 Å². The molecular formula is C25H26N4O2S. The molecule has 2 heterocycles. The fourth-order valence-corrected chi connectivity index (χ4v) is 6.00. The highest BCUT2D eigenvalue weighted by Crippen LogP contribution is 2.29. The van der Waals surface area contributed by atoms with E-state index in [2.05, 4.69) is 11.8 Å². The summed E-state index contributed by atoms with van der Waals surface area (Å²) in [6.07, 6.45) is 0. The molecule has 0 bridgehead atoms. The molecule has 1 aliphatic heterocycles. The lowest BCUT2D eigenvalue weighted by molar-refractivity contribution is 0.384. The molecule has 0 spiro atoms. The number of benzene rings is 3. The Bertz CT molecular complexity index is 1370. The lowest BCUT2D eigenvalue weighted by Crippen LogP contribution is -2.49. The predicted octanol–water partition coefficient (Wildman–Crippen LogP) is 4.15. The third-order valence-corrected chi connectivity index (χ3v) is 8.06. The second-order valence-corrected chi connectivity index (χ2v) is 10.1. The summed E-state index contributed by atoms with van der Waals surface area (Å²) in [4.78, 5) is 2.61. The van der Waals surface area contributed by atoms with Crippen molar-refractivity contribution in [1.29, 1.82) is 0 Å². The quantitative estimate of drug-likeness (QED) is 0.473. The van der Waals surface area contributed by atoms with E-state index in [0.29, 0.717) is 31.1 Å². The summed E-state index contributed by atoms with van der Waals surface area (Å²) < 4.78 is 30.1. The van der Waals surface area contributed by atoms with Gasteiger partial charge in [-0.15, -0.1) is 0 Å². The normalized spacial score (nSPS) is 15.4. The molecule has 0 aliphatic carbocycles. The minimum atomic E-state index is -3.53. The number of hydrogen-bond donors (Lipinski definition) is 0. The van der Waals surface area contributed by atoms with E-state index in [1.165, 1.54) is 0 Å².